The molecule has 37 heavy (non-hydrogen) atoms. The van der Waals surface area contributed by atoms with E-state index in [-0.39, 0.29) is 23.6 Å². The van der Waals surface area contributed by atoms with E-state index < -0.39 is 5.97 Å². The molecular formula is C29H26ClN3O4. The second-order valence-electron chi connectivity index (χ2n) is 9.16. The molecule has 1 fully saturated rings. The molecule has 0 spiro atoms. The highest BCUT2D eigenvalue weighted by Gasteiger charge is 2.22. The summed E-state index contributed by atoms with van der Waals surface area (Å²) in [7, 11) is 0. The fourth-order valence-electron chi connectivity index (χ4n) is 4.70. The van der Waals surface area contributed by atoms with E-state index in [1.54, 1.807) is 48.7 Å². The van der Waals surface area contributed by atoms with E-state index in [1.807, 2.05) is 18.2 Å². The smallest absolute Gasteiger partial charge is 0.335 e. The molecule has 0 atom stereocenters. The van der Waals surface area contributed by atoms with Gasteiger partial charge in [0.1, 0.15) is 18.2 Å². The van der Waals surface area contributed by atoms with E-state index in [0.29, 0.717) is 38.6 Å². The number of nitrogens with zero attached hydrogens (tertiary/aromatic N) is 3. The number of carboxylic acids is 1. The van der Waals surface area contributed by atoms with Crippen molar-refractivity contribution in [2.24, 2.45) is 5.10 Å². The highest BCUT2D eigenvalue weighted by atomic mass is 35.5. The number of ether oxygens (including phenoxy) is 1. The monoisotopic (exact) mass is 515 g/mol. The van der Waals surface area contributed by atoms with E-state index in [9.17, 15) is 14.7 Å². The molecule has 8 heteroatoms. The lowest BCUT2D eigenvalue weighted by Gasteiger charge is -2.22. The minimum atomic E-state index is -0.996. The molecular weight excluding hydrogens is 490 g/mol. The quantitative estimate of drug-likeness (QED) is 0.293. The first-order chi connectivity index (χ1) is 18.0. The van der Waals surface area contributed by atoms with Crippen LogP contribution in [-0.2, 0) is 6.61 Å². The van der Waals surface area contributed by atoms with Crippen molar-refractivity contribution >= 4 is 34.7 Å². The van der Waals surface area contributed by atoms with E-state index in [4.69, 9.17) is 21.3 Å². The van der Waals surface area contributed by atoms with Gasteiger partial charge in [-0.1, -0.05) is 55.1 Å². The Morgan fingerprint density at radius 2 is 1.89 bits per heavy atom. The molecule has 0 radical (unpaired) electrons. The highest BCUT2D eigenvalue weighted by Crippen LogP contribution is 2.32. The van der Waals surface area contributed by atoms with Gasteiger partial charge in [0.2, 0.25) is 0 Å². The Hall–Kier alpha value is -3.97. The molecule has 1 aliphatic rings. The lowest BCUT2D eigenvalue weighted by molar-refractivity contribution is 0.0696. The zero-order valence-electron chi connectivity index (χ0n) is 20.1. The molecule has 1 aliphatic carbocycles. The Balaban J connectivity index is 1.50. The Morgan fingerprint density at radius 1 is 1.08 bits per heavy atom. The van der Waals surface area contributed by atoms with Crippen molar-refractivity contribution in [2.45, 2.75) is 44.6 Å². The highest BCUT2D eigenvalue weighted by molar-refractivity contribution is 6.30. The van der Waals surface area contributed by atoms with Crippen LogP contribution in [0.5, 0.6) is 5.75 Å². The second kappa shape index (κ2) is 11.0. The zero-order valence-corrected chi connectivity index (χ0v) is 20.9. The number of aromatic carboxylic acids is 1. The van der Waals surface area contributed by atoms with Crippen LogP contribution in [0.15, 0.2) is 76.6 Å². The number of carbonyl (C=O) groups is 1. The first-order valence-electron chi connectivity index (χ1n) is 12.3. The minimum Gasteiger partial charge on any atom is -0.488 e. The van der Waals surface area contributed by atoms with Gasteiger partial charge in [-0.2, -0.15) is 9.78 Å². The maximum atomic E-state index is 13.5. The SMILES string of the molecule is O=C(O)c1cccc(COc2ccc(Cl)cc2C=Nn2c(C3CCCCC3)nc3ccccc3c2=O)c1. The van der Waals surface area contributed by atoms with Gasteiger partial charge in [-0.3, -0.25) is 4.79 Å². The standard InChI is InChI=1S/C29H26ClN3O4/c30-23-13-14-26(37-18-19-7-6-10-21(15-19)29(35)36)22(16-23)17-31-33-27(20-8-2-1-3-9-20)32-25-12-5-4-11-24(25)28(33)34/h4-7,10-17,20H,1-3,8-9,18H2,(H,35,36). The number of hydrogen-bond donors (Lipinski definition) is 1. The molecule has 1 N–H and O–H groups in total. The summed E-state index contributed by atoms with van der Waals surface area (Å²) in [6.07, 6.45) is 6.91. The molecule has 1 saturated carbocycles. The molecule has 0 aliphatic heterocycles. The number of para-hydroxylation sites is 1. The molecule has 1 aromatic heterocycles. The molecule has 5 rings (SSSR count). The first-order valence-corrected chi connectivity index (χ1v) is 12.7. The van der Waals surface area contributed by atoms with Crippen LogP contribution < -0.4 is 10.3 Å². The largest absolute Gasteiger partial charge is 0.488 e. The summed E-state index contributed by atoms with van der Waals surface area (Å²) in [6, 6.07) is 19.1. The number of halogens is 1. The van der Waals surface area contributed by atoms with Crippen molar-refractivity contribution in [1.29, 1.82) is 0 Å². The van der Waals surface area contributed by atoms with E-state index in [0.717, 1.165) is 25.7 Å². The normalized spacial score (nSPS) is 14.3. The van der Waals surface area contributed by atoms with Gasteiger partial charge in [0.05, 0.1) is 22.7 Å². The maximum absolute atomic E-state index is 13.5. The summed E-state index contributed by atoms with van der Waals surface area (Å²) in [6.45, 7) is 0.161. The number of rotatable bonds is 7. The molecule has 0 unspecified atom stereocenters. The lowest BCUT2D eigenvalue weighted by Crippen LogP contribution is -2.25. The molecule has 0 saturated heterocycles. The van der Waals surface area contributed by atoms with Crippen LogP contribution in [0.2, 0.25) is 5.02 Å². The average Bonchev–Trinajstić information content (AvgIpc) is 2.92. The van der Waals surface area contributed by atoms with Crippen LogP contribution >= 0.6 is 11.6 Å². The van der Waals surface area contributed by atoms with Crippen molar-refractivity contribution in [3.05, 3.63) is 105 Å². The Morgan fingerprint density at radius 3 is 2.70 bits per heavy atom. The second-order valence-corrected chi connectivity index (χ2v) is 9.60. The zero-order chi connectivity index (χ0) is 25.8. The molecule has 0 bridgehead atoms. The van der Waals surface area contributed by atoms with E-state index >= 15 is 0 Å². The number of carboxylic acid groups (broad SMARTS) is 1. The van der Waals surface area contributed by atoms with Crippen LogP contribution in [0, 0.1) is 0 Å². The van der Waals surface area contributed by atoms with E-state index in [1.165, 1.54) is 17.2 Å². The summed E-state index contributed by atoms with van der Waals surface area (Å²) >= 11 is 6.27. The minimum absolute atomic E-state index is 0.161. The summed E-state index contributed by atoms with van der Waals surface area (Å²) in [5.74, 6) is 0.355. The predicted octanol–water partition coefficient (Wildman–Crippen LogP) is 6.26. The third-order valence-electron chi connectivity index (χ3n) is 6.60. The lowest BCUT2D eigenvalue weighted by atomic mass is 9.88. The van der Waals surface area contributed by atoms with Crippen LogP contribution in [-0.4, -0.2) is 27.0 Å². The predicted molar refractivity (Wildman–Crippen MR) is 144 cm³/mol. The third kappa shape index (κ3) is 5.57. The number of hydrogen-bond acceptors (Lipinski definition) is 5. The van der Waals surface area contributed by atoms with Gasteiger partial charge in [-0.25, -0.2) is 9.78 Å². The summed E-state index contributed by atoms with van der Waals surface area (Å²) in [4.78, 5) is 29.6. The molecule has 0 amide bonds. The van der Waals surface area contributed by atoms with Crippen LogP contribution in [0.3, 0.4) is 0 Å². The fraction of sp³-hybridized carbons (Fsp3) is 0.241. The Labute approximate surface area is 219 Å². The number of fused-ring (bicyclic) bond motifs is 1. The molecule has 188 valence electrons. The molecule has 1 heterocycles. The van der Waals surface area contributed by atoms with Crippen molar-refractivity contribution in [3.8, 4) is 5.75 Å². The van der Waals surface area contributed by atoms with Crippen LogP contribution in [0.1, 0.15) is 65.3 Å². The van der Waals surface area contributed by atoms with Gasteiger partial charge in [0.25, 0.3) is 5.56 Å². The van der Waals surface area contributed by atoms with Crippen molar-refractivity contribution in [3.63, 3.8) is 0 Å². The van der Waals surface area contributed by atoms with Crippen LogP contribution in [0.25, 0.3) is 10.9 Å². The third-order valence-corrected chi connectivity index (χ3v) is 6.84. The topological polar surface area (TPSA) is 93.8 Å². The average molecular weight is 516 g/mol. The van der Waals surface area contributed by atoms with Gasteiger partial charge in [0.15, 0.2) is 0 Å². The van der Waals surface area contributed by atoms with Gasteiger partial charge in [-0.05, 0) is 60.9 Å². The van der Waals surface area contributed by atoms with Gasteiger partial charge >= 0.3 is 5.97 Å². The Bertz CT molecular complexity index is 1540. The van der Waals surface area contributed by atoms with E-state index in [2.05, 4.69) is 5.10 Å². The van der Waals surface area contributed by atoms with Crippen molar-refractivity contribution < 1.29 is 14.6 Å². The summed E-state index contributed by atoms with van der Waals surface area (Å²) in [5, 5.41) is 14.9. The first kappa shape index (κ1) is 24.7. The van der Waals surface area contributed by atoms with Gasteiger partial charge in [-0.15, -0.1) is 0 Å². The molecule has 7 nitrogen and oxygen atoms in total. The number of benzene rings is 3. The van der Waals surface area contributed by atoms with Crippen molar-refractivity contribution in [2.75, 3.05) is 0 Å². The maximum Gasteiger partial charge on any atom is 0.335 e. The molecule has 4 aromatic rings. The summed E-state index contributed by atoms with van der Waals surface area (Å²) in [5.41, 5.74) is 1.97. The van der Waals surface area contributed by atoms with Gasteiger partial charge < -0.3 is 9.84 Å². The number of aromatic nitrogens is 2. The van der Waals surface area contributed by atoms with Gasteiger partial charge in [0, 0.05) is 16.5 Å². The Kier molecular flexibility index (Phi) is 7.32. The molecule has 3 aromatic carbocycles. The van der Waals surface area contributed by atoms with Crippen molar-refractivity contribution in [1.82, 2.24) is 9.66 Å². The fourth-order valence-corrected chi connectivity index (χ4v) is 4.88. The summed E-state index contributed by atoms with van der Waals surface area (Å²) < 4.78 is 7.42. The van der Waals surface area contributed by atoms with Crippen LogP contribution in [0.4, 0.5) is 0 Å².